The fraction of sp³-hybridized carbons (Fsp3) is 0.273. The molecule has 0 aliphatic carbocycles. The van der Waals surface area contributed by atoms with Crippen molar-refractivity contribution in [3.8, 4) is 17.7 Å². The topological polar surface area (TPSA) is 115 Å². The minimum Gasteiger partial charge on any atom is -0.467 e. The van der Waals surface area contributed by atoms with Gasteiger partial charge in [-0.15, -0.1) is 10.2 Å². The fourth-order valence-corrected chi connectivity index (χ4v) is 4.26. The Kier molecular flexibility index (Phi) is 6.18. The van der Waals surface area contributed by atoms with E-state index in [1.54, 1.807) is 18.6 Å². The van der Waals surface area contributed by atoms with Gasteiger partial charge in [-0.05, 0) is 50.6 Å². The van der Waals surface area contributed by atoms with Crippen molar-refractivity contribution in [1.82, 2.24) is 19.3 Å². The van der Waals surface area contributed by atoms with Gasteiger partial charge < -0.3 is 18.7 Å². The number of furan rings is 2. The average molecular weight is 451 g/mol. The Balaban J connectivity index is 1.52. The van der Waals surface area contributed by atoms with Crippen LogP contribution in [0.25, 0.3) is 11.6 Å². The Morgan fingerprint density at radius 1 is 1.19 bits per heavy atom. The third kappa shape index (κ3) is 4.07. The molecule has 4 heterocycles. The number of thioether (sulfide) groups is 1. The second kappa shape index (κ2) is 9.20. The van der Waals surface area contributed by atoms with Crippen molar-refractivity contribution in [2.75, 3.05) is 11.1 Å². The van der Waals surface area contributed by atoms with Crippen LogP contribution in [0.15, 0.2) is 50.8 Å². The predicted molar refractivity (Wildman–Crippen MR) is 119 cm³/mol. The molecule has 0 aliphatic heterocycles. The van der Waals surface area contributed by atoms with Crippen LogP contribution in [0.2, 0.25) is 0 Å². The lowest BCUT2D eigenvalue weighted by molar-refractivity contribution is -0.113. The molecule has 0 saturated heterocycles. The lowest BCUT2D eigenvalue weighted by Crippen LogP contribution is -2.19. The van der Waals surface area contributed by atoms with Crippen molar-refractivity contribution >= 4 is 23.5 Å². The summed E-state index contributed by atoms with van der Waals surface area (Å²) in [7, 11) is 0. The van der Waals surface area contributed by atoms with E-state index in [0.717, 1.165) is 17.0 Å². The smallest absolute Gasteiger partial charge is 0.235 e. The van der Waals surface area contributed by atoms with E-state index >= 15 is 0 Å². The summed E-state index contributed by atoms with van der Waals surface area (Å²) in [5.41, 5.74) is 2.18. The number of rotatable bonds is 8. The Hall–Kier alpha value is -3.71. The van der Waals surface area contributed by atoms with Crippen molar-refractivity contribution < 1.29 is 13.6 Å². The molecule has 0 unspecified atom stereocenters. The second-order valence-electron chi connectivity index (χ2n) is 7.08. The van der Waals surface area contributed by atoms with E-state index in [2.05, 4.69) is 21.6 Å². The maximum atomic E-state index is 12.8. The predicted octanol–water partition coefficient (Wildman–Crippen LogP) is 4.22. The number of nitrogens with one attached hydrogen (secondary N) is 1. The van der Waals surface area contributed by atoms with Gasteiger partial charge in [-0.2, -0.15) is 5.26 Å². The first-order chi connectivity index (χ1) is 15.5. The van der Waals surface area contributed by atoms with E-state index in [1.807, 2.05) is 48.1 Å². The molecule has 0 spiro atoms. The molecule has 10 heteroatoms. The first-order valence-electron chi connectivity index (χ1n) is 10.0. The van der Waals surface area contributed by atoms with Crippen molar-refractivity contribution in [1.29, 1.82) is 5.26 Å². The highest BCUT2D eigenvalue weighted by molar-refractivity contribution is 7.99. The van der Waals surface area contributed by atoms with E-state index in [4.69, 9.17) is 8.83 Å². The van der Waals surface area contributed by atoms with Crippen molar-refractivity contribution in [2.45, 2.75) is 39.0 Å². The van der Waals surface area contributed by atoms with E-state index < -0.39 is 0 Å². The summed E-state index contributed by atoms with van der Waals surface area (Å²) in [6, 6.07) is 9.48. The molecule has 0 saturated carbocycles. The number of hydrogen-bond donors (Lipinski definition) is 1. The van der Waals surface area contributed by atoms with E-state index in [1.165, 1.54) is 11.8 Å². The third-order valence-electron chi connectivity index (χ3n) is 5.20. The van der Waals surface area contributed by atoms with Gasteiger partial charge in [0, 0.05) is 12.2 Å². The molecule has 4 aromatic heterocycles. The van der Waals surface area contributed by atoms with Crippen LogP contribution in [-0.4, -0.2) is 31.0 Å². The maximum Gasteiger partial charge on any atom is 0.235 e. The minimum atomic E-state index is -0.241. The molecule has 0 fully saturated rings. The summed E-state index contributed by atoms with van der Waals surface area (Å²) in [6.45, 7) is 6.82. The number of amides is 1. The summed E-state index contributed by atoms with van der Waals surface area (Å²) in [5, 5.41) is 21.6. The first-order valence-corrected chi connectivity index (χ1v) is 11.0. The molecule has 0 atom stereocenters. The van der Waals surface area contributed by atoms with Gasteiger partial charge in [-0.3, -0.25) is 9.36 Å². The standard InChI is InChI=1S/C22H22N6O3S/c1-4-27-21(18-8-6-10-31-18)25-26-22(27)32-13-19(29)24-20-17(11-23)14(2)15(3)28(20)12-16-7-5-9-30-16/h5-10H,4,12-13H2,1-3H3,(H,24,29). The van der Waals surface area contributed by atoms with Gasteiger partial charge in [-0.1, -0.05) is 11.8 Å². The maximum absolute atomic E-state index is 12.8. The van der Waals surface area contributed by atoms with Crippen LogP contribution in [0.5, 0.6) is 0 Å². The summed E-state index contributed by atoms with van der Waals surface area (Å²) in [6.07, 6.45) is 3.18. The van der Waals surface area contributed by atoms with Gasteiger partial charge in [0.05, 0.1) is 30.4 Å². The summed E-state index contributed by atoms with van der Waals surface area (Å²) >= 11 is 1.28. The number of carbonyl (C=O) groups is 1. The van der Waals surface area contributed by atoms with E-state index in [0.29, 0.717) is 41.2 Å². The van der Waals surface area contributed by atoms with Crippen LogP contribution in [0.1, 0.15) is 29.5 Å². The lowest BCUT2D eigenvalue weighted by atomic mass is 10.2. The molecular formula is C22H22N6O3S. The van der Waals surface area contributed by atoms with Crippen LogP contribution < -0.4 is 5.32 Å². The van der Waals surface area contributed by atoms with Crippen molar-refractivity contribution in [2.24, 2.45) is 0 Å². The van der Waals surface area contributed by atoms with Gasteiger partial charge in [-0.25, -0.2) is 0 Å². The Bertz CT molecular complexity index is 1260. The van der Waals surface area contributed by atoms with Crippen LogP contribution in [0.4, 0.5) is 5.82 Å². The minimum absolute atomic E-state index is 0.116. The molecule has 1 amide bonds. The molecule has 32 heavy (non-hydrogen) atoms. The number of anilines is 1. The monoisotopic (exact) mass is 450 g/mol. The highest BCUT2D eigenvalue weighted by Gasteiger charge is 2.21. The van der Waals surface area contributed by atoms with Crippen molar-refractivity contribution in [3.63, 3.8) is 0 Å². The molecule has 9 nitrogen and oxygen atoms in total. The lowest BCUT2D eigenvalue weighted by Gasteiger charge is -2.12. The van der Waals surface area contributed by atoms with Gasteiger partial charge >= 0.3 is 0 Å². The van der Waals surface area contributed by atoms with Gasteiger partial charge in [0.15, 0.2) is 16.7 Å². The summed E-state index contributed by atoms with van der Waals surface area (Å²) in [5.74, 6) is 2.32. The van der Waals surface area contributed by atoms with Gasteiger partial charge in [0.2, 0.25) is 5.91 Å². The molecule has 0 aliphatic rings. The van der Waals surface area contributed by atoms with Crippen LogP contribution >= 0.6 is 11.8 Å². The van der Waals surface area contributed by atoms with Crippen LogP contribution in [0.3, 0.4) is 0 Å². The Morgan fingerprint density at radius 2 is 1.97 bits per heavy atom. The molecular weight excluding hydrogens is 428 g/mol. The van der Waals surface area contributed by atoms with Crippen molar-refractivity contribution in [3.05, 3.63) is 59.4 Å². The fourth-order valence-electron chi connectivity index (χ4n) is 3.45. The Morgan fingerprint density at radius 3 is 2.62 bits per heavy atom. The zero-order valence-corrected chi connectivity index (χ0v) is 18.8. The van der Waals surface area contributed by atoms with Crippen LogP contribution in [-0.2, 0) is 17.9 Å². The highest BCUT2D eigenvalue weighted by Crippen LogP contribution is 2.28. The third-order valence-corrected chi connectivity index (χ3v) is 6.17. The molecule has 0 aromatic carbocycles. The first kappa shape index (κ1) is 21.5. The summed E-state index contributed by atoms with van der Waals surface area (Å²) < 4.78 is 14.7. The number of nitrogens with zero attached hydrogens (tertiary/aromatic N) is 5. The molecule has 1 N–H and O–H groups in total. The van der Waals surface area contributed by atoms with Gasteiger partial charge in [0.1, 0.15) is 17.6 Å². The normalized spacial score (nSPS) is 10.9. The van der Waals surface area contributed by atoms with Gasteiger partial charge in [0.25, 0.3) is 0 Å². The van der Waals surface area contributed by atoms with Crippen LogP contribution in [0, 0.1) is 25.2 Å². The molecule has 0 radical (unpaired) electrons. The number of aromatic nitrogens is 4. The number of hydrogen-bond acceptors (Lipinski definition) is 7. The summed E-state index contributed by atoms with van der Waals surface area (Å²) in [4.78, 5) is 12.8. The Labute approximate surface area is 189 Å². The zero-order valence-electron chi connectivity index (χ0n) is 18.0. The molecule has 0 bridgehead atoms. The second-order valence-corrected chi connectivity index (χ2v) is 8.02. The van der Waals surface area contributed by atoms with E-state index in [-0.39, 0.29) is 11.7 Å². The molecule has 164 valence electrons. The highest BCUT2D eigenvalue weighted by atomic mass is 32.2. The quantitative estimate of drug-likeness (QED) is 0.400. The average Bonchev–Trinajstić information content (AvgIpc) is 3.58. The largest absolute Gasteiger partial charge is 0.467 e. The zero-order chi connectivity index (χ0) is 22.7. The molecule has 4 rings (SSSR count). The number of nitriles is 1. The number of carbonyl (C=O) groups excluding carboxylic acids is 1. The SMILES string of the molecule is CCn1c(SCC(=O)Nc2c(C#N)c(C)c(C)n2Cc2ccco2)nnc1-c1ccco1. The van der Waals surface area contributed by atoms with E-state index in [9.17, 15) is 10.1 Å². The molecule has 4 aromatic rings.